The molecule has 4 rings (SSSR count). The predicted octanol–water partition coefficient (Wildman–Crippen LogP) is 5.22. The number of nitrogens with zero attached hydrogens (tertiary/aromatic N) is 1. The number of carbonyl (C=O) groups excluding carboxylic acids is 1. The number of hydroxylamine groups is 2. The Morgan fingerprint density at radius 1 is 1.17 bits per heavy atom. The van der Waals surface area contributed by atoms with Gasteiger partial charge in [-0.2, -0.15) is 5.06 Å². The first kappa shape index (κ1) is 26.0. The van der Waals surface area contributed by atoms with Gasteiger partial charge in [0.25, 0.3) is 0 Å². The molecule has 190 valence electrons. The number of anilines is 1. The monoisotopic (exact) mass is 529 g/mol. The van der Waals surface area contributed by atoms with Crippen LogP contribution in [0.1, 0.15) is 40.8 Å². The van der Waals surface area contributed by atoms with Crippen molar-refractivity contribution in [1.29, 1.82) is 0 Å². The molecule has 3 aromatic carbocycles. The summed E-state index contributed by atoms with van der Waals surface area (Å²) in [6.07, 6.45) is 0. The zero-order valence-electron chi connectivity index (χ0n) is 20.2. The minimum atomic E-state index is -3.67. The average molecular weight is 530 g/mol. The minimum absolute atomic E-state index is 0.0664. The van der Waals surface area contributed by atoms with Gasteiger partial charge in [0, 0.05) is 24.2 Å². The number of benzene rings is 3. The molecule has 8 nitrogen and oxygen atoms in total. The van der Waals surface area contributed by atoms with E-state index in [-0.39, 0.29) is 22.1 Å². The first-order valence-corrected chi connectivity index (χ1v) is 13.4. The molecule has 10 heteroatoms. The molecule has 3 aromatic rings. The van der Waals surface area contributed by atoms with Crippen LogP contribution in [0.15, 0.2) is 59.5 Å². The minimum Gasteiger partial charge on any atom is -0.495 e. The number of ether oxygens (including phenoxy) is 1. The summed E-state index contributed by atoms with van der Waals surface area (Å²) >= 11 is 6.34. The molecule has 0 radical (unpaired) electrons. The normalized spacial score (nSPS) is 13.7. The molecule has 0 aromatic heterocycles. The van der Waals surface area contributed by atoms with Gasteiger partial charge in [-0.1, -0.05) is 48.0 Å². The number of nitrogens with one attached hydrogen (secondary N) is 2. The third-order valence-electron chi connectivity index (χ3n) is 6.28. The van der Waals surface area contributed by atoms with Crippen LogP contribution in [0.5, 0.6) is 5.75 Å². The lowest BCUT2D eigenvalue weighted by Gasteiger charge is -2.25. The van der Waals surface area contributed by atoms with Crippen molar-refractivity contribution >= 4 is 33.2 Å². The van der Waals surface area contributed by atoms with Crippen LogP contribution in [0.2, 0.25) is 5.02 Å². The standard InChI is InChI=1S/C26H28ClN3O5S/c1-16-5-4-6-22(25(16)27)17(2)30(32)26(31)29-23-10-9-21(12-24(23)35-3)36(33,34)15-18-7-8-19-13-28-14-20(19)11-18/h4-12,17,28,32H,13-15H2,1-3H3,(H,29,31). The van der Waals surface area contributed by atoms with Gasteiger partial charge in [-0.25, -0.2) is 13.2 Å². The molecule has 3 N–H and O–H groups in total. The van der Waals surface area contributed by atoms with E-state index in [0.717, 1.165) is 24.2 Å². The maximum absolute atomic E-state index is 13.1. The van der Waals surface area contributed by atoms with Crippen molar-refractivity contribution in [3.63, 3.8) is 0 Å². The molecule has 36 heavy (non-hydrogen) atoms. The van der Waals surface area contributed by atoms with Gasteiger partial charge in [0.1, 0.15) is 5.75 Å². The van der Waals surface area contributed by atoms with Crippen molar-refractivity contribution in [1.82, 2.24) is 10.4 Å². The smallest absolute Gasteiger partial charge is 0.346 e. The lowest BCUT2D eigenvalue weighted by atomic mass is 10.1. The van der Waals surface area contributed by atoms with Crippen LogP contribution in [0.25, 0.3) is 0 Å². The molecule has 0 aliphatic carbocycles. The molecule has 0 bridgehead atoms. The fraction of sp³-hybridized carbons (Fsp3) is 0.269. The lowest BCUT2D eigenvalue weighted by molar-refractivity contribution is -0.0690. The van der Waals surface area contributed by atoms with E-state index in [4.69, 9.17) is 16.3 Å². The van der Waals surface area contributed by atoms with Crippen LogP contribution in [-0.2, 0) is 28.7 Å². The number of aryl methyl sites for hydroxylation is 1. The Morgan fingerprint density at radius 2 is 1.92 bits per heavy atom. The molecular formula is C26H28ClN3O5S. The van der Waals surface area contributed by atoms with Crippen molar-refractivity contribution in [2.75, 3.05) is 12.4 Å². The van der Waals surface area contributed by atoms with Crippen LogP contribution in [0, 0.1) is 6.92 Å². The highest BCUT2D eigenvalue weighted by Gasteiger charge is 2.24. The van der Waals surface area contributed by atoms with E-state index < -0.39 is 21.9 Å². The van der Waals surface area contributed by atoms with E-state index in [2.05, 4.69) is 10.6 Å². The highest BCUT2D eigenvalue weighted by molar-refractivity contribution is 7.90. The molecule has 0 spiro atoms. The van der Waals surface area contributed by atoms with Gasteiger partial charge in [0.2, 0.25) is 0 Å². The van der Waals surface area contributed by atoms with E-state index in [9.17, 15) is 18.4 Å². The van der Waals surface area contributed by atoms with Gasteiger partial charge in [-0.15, -0.1) is 0 Å². The summed E-state index contributed by atoms with van der Waals surface area (Å²) in [6, 6.07) is 13.7. The molecule has 0 fully saturated rings. The van der Waals surface area contributed by atoms with E-state index in [1.165, 1.54) is 30.9 Å². The van der Waals surface area contributed by atoms with Crippen molar-refractivity contribution in [3.05, 3.63) is 87.4 Å². The van der Waals surface area contributed by atoms with Gasteiger partial charge in [0.15, 0.2) is 9.84 Å². The largest absolute Gasteiger partial charge is 0.495 e. The van der Waals surface area contributed by atoms with Gasteiger partial charge in [0.05, 0.1) is 29.5 Å². The lowest BCUT2D eigenvalue weighted by Crippen LogP contribution is -2.34. The van der Waals surface area contributed by atoms with E-state index in [0.29, 0.717) is 21.2 Å². The van der Waals surface area contributed by atoms with Gasteiger partial charge in [-0.05, 0) is 53.8 Å². The Labute approximate surface area is 215 Å². The summed E-state index contributed by atoms with van der Waals surface area (Å²) in [6.45, 7) is 4.99. The number of sulfone groups is 1. The van der Waals surface area contributed by atoms with Crippen molar-refractivity contribution in [2.24, 2.45) is 0 Å². The average Bonchev–Trinajstić information content (AvgIpc) is 3.32. The summed E-state index contributed by atoms with van der Waals surface area (Å²) in [7, 11) is -2.30. The van der Waals surface area contributed by atoms with Crippen molar-refractivity contribution in [2.45, 2.75) is 43.6 Å². The fourth-order valence-corrected chi connectivity index (χ4v) is 5.81. The number of halogens is 1. The van der Waals surface area contributed by atoms with Gasteiger partial charge < -0.3 is 15.4 Å². The SMILES string of the molecule is COc1cc(S(=O)(=O)Cc2ccc3c(c2)CNC3)ccc1NC(=O)N(O)C(C)c1cccc(C)c1Cl. The highest BCUT2D eigenvalue weighted by Crippen LogP contribution is 2.32. The Hall–Kier alpha value is -3.11. The first-order chi connectivity index (χ1) is 17.1. The van der Waals surface area contributed by atoms with Crippen molar-refractivity contribution in [3.8, 4) is 5.75 Å². The number of urea groups is 1. The van der Waals surface area contributed by atoms with E-state index in [1.807, 2.05) is 31.2 Å². The molecule has 1 atom stereocenters. The number of carbonyl (C=O) groups is 1. The molecule has 2 amide bonds. The quantitative estimate of drug-likeness (QED) is 0.286. The Bertz CT molecular complexity index is 1410. The van der Waals surface area contributed by atoms with Gasteiger partial charge in [-0.3, -0.25) is 5.21 Å². The first-order valence-electron chi connectivity index (χ1n) is 11.4. The molecule has 1 unspecified atom stereocenters. The third kappa shape index (κ3) is 5.34. The van der Waals surface area contributed by atoms with E-state index in [1.54, 1.807) is 19.1 Å². The molecule has 1 aliphatic heterocycles. The highest BCUT2D eigenvalue weighted by atomic mass is 35.5. The summed E-state index contributed by atoms with van der Waals surface area (Å²) in [5.74, 6) is -0.00821. The second-order valence-electron chi connectivity index (χ2n) is 8.76. The van der Waals surface area contributed by atoms with E-state index >= 15 is 0 Å². The third-order valence-corrected chi connectivity index (χ3v) is 8.48. The fourth-order valence-electron chi connectivity index (χ4n) is 4.18. The van der Waals surface area contributed by atoms with Crippen LogP contribution in [-0.4, -0.2) is 31.8 Å². The van der Waals surface area contributed by atoms with Crippen LogP contribution >= 0.6 is 11.6 Å². The topological polar surface area (TPSA) is 108 Å². The van der Waals surface area contributed by atoms with Crippen LogP contribution < -0.4 is 15.4 Å². The number of rotatable bonds is 7. The van der Waals surface area contributed by atoms with Crippen LogP contribution in [0.4, 0.5) is 10.5 Å². The molecular weight excluding hydrogens is 502 g/mol. The molecule has 0 saturated carbocycles. The number of fused-ring (bicyclic) bond motifs is 1. The maximum atomic E-state index is 13.1. The zero-order chi connectivity index (χ0) is 26.0. The molecule has 1 heterocycles. The zero-order valence-corrected chi connectivity index (χ0v) is 21.8. The Kier molecular flexibility index (Phi) is 7.56. The Morgan fingerprint density at radius 3 is 2.67 bits per heavy atom. The number of amides is 2. The van der Waals surface area contributed by atoms with Gasteiger partial charge >= 0.3 is 6.03 Å². The number of hydrogen-bond donors (Lipinski definition) is 3. The summed E-state index contributed by atoms with van der Waals surface area (Å²) in [5, 5.41) is 17.3. The Balaban J connectivity index is 1.51. The second kappa shape index (κ2) is 10.5. The predicted molar refractivity (Wildman–Crippen MR) is 138 cm³/mol. The number of hydrogen-bond acceptors (Lipinski definition) is 6. The second-order valence-corrected chi connectivity index (χ2v) is 11.1. The van der Waals surface area contributed by atoms with Crippen LogP contribution in [0.3, 0.4) is 0 Å². The maximum Gasteiger partial charge on any atom is 0.346 e. The number of methoxy groups -OCH3 is 1. The summed E-state index contributed by atoms with van der Waals surface area (Å²) in [5.41, 5.74) is 4.61. The summed E-state index contributed by atoms with van der Waals surface area (Å²) in [4.78, 5) is 12.8. The van der Waals surface area contributed by atoms with Crippen molar-refractivity contribution < 1.29 is 23.2 Å². The molecule has 0 saturated heterocycles. The molecule has 1 aliphatic rings. The summed E-state index contributed by atoms with van der Waals surface area (Å²) < 4.78 is 31.5.